The number of aromatic nitrogens is 1. The zero-order valence-corrected chi connectivity index (χ0v) is 15.6. The Kier molecular flexibility index (Phi) is 2.62. The topological polar surface area (TPSA) is 12.9 Å². The SMILES string of the molecule is CC(C)(C)c1cnc2c(c1)c1cccc3c1c1c(cccc21)C3(C)C. The fourth-order valence-corrected chi connectivity index (χ4v) is 4.55. The number of rotatable bonds is 0. The van der Waals surface area contributed by atoms with Crippen LogP contribution in [-0.4, -0.2) is 4.98 Å². The van der Waals surface area contributed by atoms with E-state index in [1.54, 1.807) is 0 Å². The molecule has 1 aromatic heterocycles. The predicted molar refractivity (Wildman–Crippen MR) is 108 cm³/mol. The maximum Gasteiger partial charge on any atom is 0.0787 e. The first-order chi connectivity index (χ1) is 11.8. The van der Waals surface area contributed by atoms with Crippen LogP contribution in [0.5, 0.6) is 0 Å². The molecule has 0 aliphatic heterocycles. The summed E-state index contributed by atoms with van der Waals surface area (Å²) in [6, 6.07) is 15.9. The first-order valence-electron chi connectivity index (χ1n) is 9.09. The van der Waals surface area contributed by atoms with Gasteiger partial charge in [0.15, 0.2) is 0 Å². The van der Waals surface area contributed by atoms with E-state index in [1.807, 2.05) is 0 Å². The number of fused-ring (bicyclic) bond motifs is 3. The second kappa shape index (κ2) is 4.40. The van der Waals surface area contributed by atoms with Gasteiger partial charge in [0.2, 0.25) is 0 Å². The maximum absolute atomic E-state index is 4.94. The van der Waals surface area contributed by atoms with Crippen molar-refractivity contribution in [3.63, 3.8) is 0 Å². The van der Waals surface area contributed by atoms with E-state index in [0.717, 1.165) is 5.52 Å². The van der Waals surface area contributed by atoms with Crippen molar-refractivity contribution < 1.29 is 0 Å². The molecule has 0 bridgehead atoms. The van der Waals surface area contributed by atoms with Crippen LogP contribution >= 0.6 is 0 Å². The quantitative estimate of drug-likeness (QED) is 0.337. The summed E-state index contributed by atoms with van der Waals surface area (Å²) in [5.74, 6) is 0. The van der Waals surface area contributed by atoms with Gasteiger partial charge in [0, 0.05) is 22.4 Å². The van der Waals surface area contributed by atoms with Gasteiger partial charge in [-0.25, -0.2) is 0 Å². The van der Waals surface area contributed by atoms with Crippen molar-refractivity contribution in [3.05, 3.63) is 65.4 Å². The van der Waals surface area contributed by atoms with Crippen LogP contribution < -0.4 is 0 Å². The third-order valence-electron chi connectivity index (χ3n) is 6.02. The molecule has 1 nitrogen and oxygen atoms in total. The van der Waals surface area contributed by atoms with Crippen molar-refractivity contribution in [2.24, 2.45) is 0 Å². The largest absolute Gasteiger partial charge is 0.255 e. The summed E-state index contributed by atoms with van der Waals surface area (Å²) in [5.41, 5.74) is 5.44. The van der Waals surface area contributed by atoms with Crippen LogP contribution in [0, 0.1) is 0 Å². The smallest absolute Gasteiger partial charge is 0.0787 e. The second-order valence-electron chi connectivity index (χ2n) is 8.95. The third-order valence-corrected chi connectivity index (χ3v) is 6.02. The molecule has 0 saturated heterocycles. The molecule has 0 fully saturated rings. The zero-order chi connectivity index (χ0) is 17.6. The van der Waals surface area contributed by atoms with E-state index in [2.05, 4.69) is 83.3 Å². The van der Waals surface area contributed by atoms with E-state index in [9.17, 15) is 0 Å². The third kappa shape index (κ3) is 1.76. The number of hydrogen-bond donors (Lipinski definition) is 0. The van der Waals surface area contributed by atoms with Gasteiger partial charge in [0.05, 0.1) is 5.52 Å². The van der Waals surface area contributed by atoms with Crippen molar-refractivity contribution in [1.29, 1.82) is 0 Å². The van der Waals surface area contributed by atoms with Crippen LogP contribution in [-0.2, 0) is 10.8 Å². The molecule has 0 amide bonds. The molecule has 25 heavy (non-hydrogen) atoms. The fourth-order valence-electron chi connectivity index (χ4n) is 4.55. The first-order valence-corrected chi connectivity index (χ1v) is 9.09. The molecule has 0 radical (unpaired) electrons. The Bertz CT molecular complexity index is 1190. The normalized spacial score (nSPS) is 15.7. The lowest BCUT2D eigenvalue weighted by Crippen LogP contribution is -2.14. The monoisotopic (exact) mass is 325 g/mol. The number of pyridine rings is 1. The molecular formula is C24H23N. The van der Waals surface area contributed by atoms with E-state index >= 15 is 0 Å². The van der Waals surface area contributed by atoms with Gasteiger partial charge in [-0.15, -0.1) is 0 Å². The zero-order valence-electron chi connectivity index (χ0n) is 15.6. The van der Waals surface area contributed by atoms with Gasteiger partial charge in [-0.2, -0.15) is 0 Å². The minimum atomic E-state index is 0.0472. The van der Waals surface area contributed by atoms with E-state index in [-0.39, 0.29) is 10.8 Å². The lowest BCUT2D eigenvalue weighted by molar-refractivity contribution is 0.589. The van der Waals surface area contributed by atoms with Crippen molar-refractivity contribution in [2.75, 3.05) is 0 Å². The van der Waals surface area contributed by atoms with Crippen LogP contribution in [0.4, 0.5) is 0 Å². The minimum absolute atomic E-state index is 0.0472. The molecule has 0 atom stereocenters. The molecule has 0 N–H and O–H groups in total. The predicted octanol–water partition coefficient (Wildman–Crippen LogP) is 6.48. The highest BCUT2D eigenvalue weighted by Gasteiger charge is 2.34. The van der Waals surface area contributed by atoms with Gasteiger partial charge in [-0.3, -0.25) is 4.98 Å². The summed E-state index contributed by atoms with van der Waals surface area (Å²) < 4.78 is 0. The molecule has 1 heteroatoms. The molecule has 4 aromatic rings. The molecule has 0 unspecified atom stereocenters. The van der Waals surface area contributed by atoms with E-state index in [1.165, 1.54) is 43.6 Å². The highest BCUT2D eigenvalue weighted by Crippen LogP contribution is 2.50. The Labute approximate surface area is 148 Å². The number of hydrogen-bond acceptors (Lipinski definition) is 1. The van der Waals surface area contributed by atoms with E-state index < -0.39 is 0 Å². The lowest BCUT2D eigenvalue weighted by Gasteiger charge is -2.21. The number of nitrogens with zero attached hydrogens (tertiary/aromatic N) is 1. The maximum atomic E-state index is 4.94. The van der Waals surface area contributed by atoms with Crippen molar-refractivity contribution in [3.8, 4) is 0 Å². The van der Waals surface area contributed by atoms with Gasteiger partial charge in [-0.05, 0) is 44.3 Å². The summed E-state index contributed by atoms with van der Waals surface area (Å²) >= 11 is 0. The molecule has 1 aliphatic carbocycles. The van der Waals surface area contributed by atoms with Crippen LogP contribution in [0.2, 0.25) is 0 Å². The Hall–Kier alpha value is -2.41. The molecule has 1 aliphatic rings. The highest BCUT2D eigenvalue weighted by atomic mass is 14.7. The molecule has 3 aromatic carbocycles. The van der Waals surface area contributed by atoms with Crippen molar-refractivity contribution in [2.45, 2.75) is 45.4 Å². The molecule has 5 rings (SSSR count). The fraction of sp³-hybridized carbons (Fsp3) is 0.292. The summed E-state index contributed by atoms with van der Waals surface area (Å²) in [4.78, 5) is 4.94. The Morgan fingerprint density at radius 2 is 1.40 bits per heavy atom. The average Bonchev–Trinajstić information content (AvgIpc) is 2.82. The summed E-state index contributed by atoms with van der Waals surface area (Å²) in [7, 11) is 0. The van der Waals surface area contributed by atoms with Gasteiger partial charge >= 0.3 is 0 Å². The first kappa shape index (κ1) is 14.9. The molecule has 0 saturated carbocycles. The highest BCUT2D eigenvalue weighted by molar-refractivity contribution is 6.27. The Balaban J connectivity index is 2.10. The summed E-state index contributed by atoms with van der Waals surface area (Å²) in [6.45, 7) is 11.4. The van der Waals surface area contributed by atoms with E-state index in [0.29, 0.717) is 0 Å². The minimum Gasteiger partial charge on any atom is -0.255 e. The number of benzene rings is 3. The van der Waals surface area contributed by atoms with Crippen molar-refractivity contribution in [1.82, 2.24) is 4.98 Å². The molecule has 1 heterocycles. The molecule has 0 spiro atoms. The van der Waals surface area contributed by atoms with Gasteiger partial charge in [0.25, 0.3) is 0 Å². The van der Waals surface area contributed by atoms with Crippen LogP contribution in [0.3, 0.4) is 0 Å². The second-order valence-corrected chi connectivity index (χ2v) is 8.95. The average molecular weight is 325 g/mol. The summed E-state index contributed by atoms with van der Waals surface area (Å²) in [5, 5.41) is 6.75. The molecular weight excluding hydrogens is 302 g/mol. The lowest BCUT2D eigenvalue weighted by atomic mass is 9.82. The van der Waals surface area contributed by atoms with Crippen LogP contribution in [0.1, 0.15) is 51.3 Å². The summed E-state index contributed by atoms with van der Waals surface area (Å²) in [6.07, 6.45) is 2.06. The van der Waals surface area contributed by atoms with Gasteiger partial charge in [-0.1, -0.05) is 71.0 Å². The van der Waals surface area contributed by atoms with Crippen LogP contribution in [0.25, 0.3) is 32.4 Å². The van der Waals surface area contributed by atoms with Gasteiger partial charge < -0.3 is 0 Å². The standard InChI is InChI=1S/C24H23N/c1-23(2,3)14-12-17-15-8-6-10-18-20(15)21-16(22(17)25-13-14)9-7-11-19(21)24(18,4)5/h6-13H,1-5H3. The molecule has 124 valence electrons. The Morgan fingerprint density at radius 3 is 2.04 bits per heavy atom. The van der Waals surface area contributed by atoms with Gasteiger partial charge in [0.1, 0.15) is 0 Å². The van der Waals surface area contributed by atoms with Crippen LogP contribution in [0.15, 0.2) is 48.7 Å². The van der Waals surface area contributed by atoms with E-state index in [4.69, 9.17) is 4.98 Å². The Morgan fingerprint density at radius 1 is 0.800 bits per heavy atom. The van der Waals surface area contributed by atoms with Crippen molar-refractivity contribution >= 4 is 32.4 Å².